The minimum Gasteiger partial charge on any atom is -0.309 e. The number of thiophene rings is 1. The van der Waals surface area contributed by atoms with Crippen molar-refractivity contribution >= 4 is 82.0 Å². The predicted octanol–water partition coefficient (Wildman–Crippen LogP) is 15.9. The third kappa shape index (κ3) is 6.20. The second-order valence-corrected chi connectivity index (χ2v) is 16.0. The van der Waals surface area contributed by atoms with Crippen LogP contribution in [0.3, 0.4) is 0 Å². The van der Waals surface area contributed by atoms with Crippen molar-refractivity contribution in [3.63, 3.8) is 0 Å². The van der Waals surface area contributed by atoms with Crippen LogP contribution in [0.2, 0.25) is 0 Å². The van der Waals surface area contributed by atoms with Gasteiger partial charge in [0.05, 0.1) is 21.4 Å². The molecule has 0 radical (unpaired) electrons. The molecule has 2 nitrogen and oxygen atoms in total. The van der Waals surface area contributed by atoms with E-state index < -0.39 is 0 Å². The van der Waals surface area contributed by atoms with E-state index in [-0.39, 0.29) is 0 Å². The number of aromatic nitrogens is 1. The van der Waals surface area contributed by atoms with Crippen LogP contribution in [0.1, 0.15) is 16.7 Å². The van der Waals surface area contributed by atoms with Gasteiger partial charge in [-0.15, -0.1) is 11.3 Å². The Morgan fingerprint density at radius 1 is 0.458 bits per heavy atom. The molecule has 0 bridgehead atoms. The Labute approximate surface area is 347 Å². The summed E-state index contributed by atoms with van der Waals surface area (Å²) in [5, 5.41) is 5.01. The lowest BCUT2D eigenvalue weighted by Gasteiger charge is -2.27. The minimum atomic E-state index is 1.11. The van der Waals surface area contributed by atoms with Gasteiger partial charge in [0.1, 0.15) is 0 Å². The molecule has 0 atom stereocenters. The van der Waals surface area contributed by atoms with Gasteiger partial charge in [-0.25, -0.2) is 0 Å². The van der Waals surface area contributed by atoms with Crippen molar-refractivity contribution in [2.24, 2.45) is 0 Å². The van der Waals surface area contributed by atoms with E-state index in [4.69, 9.17) is 0 Å². The lowest BCUT2D eigenvalue weighted by Crippen LogP contribution is -2.10. The number of benzene rings is 9. The first-order chi connectivity index (χ1) is 29.3. The fourth-order valence-electron chi connectivity index (χ4n) is 8.71. The molecule has 9 aromatic carbocycles. The average molecular weight is 771 g/mol. The van der Waals surface area contributed by atoms with Crippen LogP contribution < -0.4 is 4.90 Å². The maximum atomic E-state index is 2.44. The van der Waals surface area contributed by atoms with Crippen molar-refractivity contribution in [3.8, 4) is 16.8 Å². The summed E-state index contributed by atoms with van der Waals surface area (Å²) in [6, 6.07) is 81.2. The van der Waals surface area contributed by atoms with Crippen LogP contribution in [0.5, 0.6) is 0 Å². The smallest absolute Gasteiger partial charge is 0.0646 e. The Morgan fingerprint density at radius 3 is 1.78 bits per heavy atom. The van der Waals surface area contributed by atoms with E-state index in [1.165, 1.54) is 64.2 Å². The largest absolute Gasteiger partial charge is 0.309 e. The summed E-state index contributed by atoms with van der Waals surface area (Å²) in [6.45, 7) is 0. The first-order valence-electron chi connectivity index (χ1n) is 20.1. The molecule has 0 saturated heterocycles. The molecule has 0 aliphatic rings. The van der Waals surface area contributed by atoms with Crippen LogP contribution in [-0.4, -0.2) is 4.57 Å². The molecule has 0 fully saturated rings. The maximum Gasteiger partial charge on any atom is 0.0646 e. The molecule has 0 aliphatic carbocycles. The third-order valence-corrected chi connectivity index (χ3v) is 12.5. The molecule has 0 unspecified atom stereocenters. The highest BCUT2D eigenvalue weighted by molar-refractivity contribution is 7.26. The topological polar surface area (TPSA) is 8.17 Å². The molecule has 11 rings (SSSR count). The van der Waals surface area contributed by atoms with E-state index in [0.29, 0.717) is 0 Å². The lowest BCUT2D eigenvalue weighted by atomic mass is 9.92. The quantitative estimate of drug-likeness (QED) is 0.140. The SMILES string of the molecule is C(=C(c1ccccc1)c1cc(N(c2ccccc2)c2ccccc2)c2sc3cccc(-c4ccc5c6ccccc6n(-c6ccccc6)c5c4)c3c2c1)c1ccccc1. The molecule has 278 valence electrons. The summed E-state index contributed by atoms with van der Waals surface area (Å²) in [5.41, 5.74) is 14.0. The van der Waals surface area contributed by atoms with Crippen LogP contribution in [0.25, 0.3) is 70.4 Å². The van der Waals surface area contributed by atoms with E-state index in [0.717, 1.165) is 33.9 Å². The van der Waals surface area contributed by atoms with Gasteiger partial charge in [-0.3, -0.25) is 0 Å². The van der Waals surface area contributed by atoms with Gasteiger partial charge >= 0.3 is 0 Å². The summed E-state index contributed by atoms with van der Waals surface area (Å²) in [6.07, 6.45) is 2.33. The summed E-state index contributed by atoms with van der Waals surface area (Å²) < 4.78 is 4.92. The van der Waals surface area contributed by atoms with Crippen molar-refractivity contribution in [2.75, 3.05) is 4.90 Å². The van der Waals surface area contributed by atoms with Gasteiger partial charge in [-0.05, 0) is 106 Å². The van der Waals surface area contributed by atoms with Crippen LogP contribution >= 0.6 is 11.3 Å². The normalized spacial score (nSPS) is 11.8. The van der Waals surface area contributed by atoms with Gasteiger partial charge < -0.3 is 9.47 Å². The molecule has 2 aromatic heterocycles. The molecule has 3 heteroatoms. The highest BCUT2D eigenvalue weighted by atomic mass is 32.1. The van der Waals surface area contributed by atoms with Gasteiger partial charge in [-0.1, -0.05) is 158 Å². The van der Waals surface area contributed by atoms with E-state index >= 15 is 0 Å². The Morgan fingerprint density at radius 2 is 1.07 bits per heavy atom. The van der Waals surface area contributed by atoms with E-state index in [2.05, 4.69) is 240 Å². The van der Waals surface area contributed by atoms with Crippen LogP contribution in [0, 0.1) is 0 Å². The highest BCUT2D eigenvalue weighted by Crippen LogP contribution is 2.49. The van der Waals surface area contributed by atoms with Gasteiger partial charge in [0.2, 0.25) is 0 Å². The van der Waals surface area contributed by atoms with E-state index in [9.17, 15) is 0 Å². The number of anilines is 3. The van der Waals surface area contributed by atoms with Gasteiger partial charge in [0.25, 0.3) is 0 Å². The lowest BCUT2D eigenvalue weighted by molar-refractivity contribution is 1.18. The second kappa shape index (κ2) is 14.8. The first-order valence-corrected chi connectivity index (χ1v) is 20.9. The molecule has 0 N–H and O–H groups in total. The molecule has 11 aromatic rings. The summed E-state index contributed by atoms with van der Waals surface area (Å²) in [5.74, 6) is 0. The van der Waals surface area contributed by atoms with Gasteiger partial charge in [-0.2, -0.15) is 0 Å². The Hall–Kier alpha value is -7.46. The molecule has 2 heterocycles. The number of hydrogen-bond acceptors (Lipinski definition) is 2. The maximum absolute atomic E-state index is 2.44. The monoisotopic (exact) mass is 770 g/mol. The van der Waals surface area contributed by atoms with Crippen LogP contribution in [-0.2, 0) is 0 Å². The van der Waals surface area contributed by atoms with Gasteiger partial charge in [0.15, 0.2) is 0 Å². The van der Waals surface area contributed by atoms with Crippen LogP contribution in [0.15, 0.2) is 224 Å². The zero-order chi connectivity index (χ0) is 39.1. The fraction of sp³-hybridized carbons (Fsp3) is 0. The zero-order valence-corrected chi connectivity index (χ0v) is 33.1. The van der Waals surface area contributed by atoms with Crippen molar-refractivity contribution in [1.82, 2.24) is 4.57 Å². The van der Waals surface area contributed by atoms with Crippen LogP contribution in [0.4, 0.5) is 17.1 Å². The summed E-state index contributed by atoms with van der Waals surface area (Å²) in [7, 11) is 0. The third-order valence-electron chi connectivity index (χ3n) is 11.4. The number of hydrogen-bond donors (Lipinski definition) is 0. The summed E-state index contributed by atoms with van der Waals surface area (Å²) >= 11 is 1.88. The molecular weight excluding hydrogens is 733 g/mol. The first kappa shape index (κ1) is 34.8. The number of fused-ring (bicyclic) bond motifs is 6. The Kier molecular flexibility index (Phi) is 8.72. The Bertz CT molecular complexity index is 3250. The van der Waals surface area contributed by atoms with Crippen molar-refractivity contribution in [3.05, 3.63) is 241 Å². The van der Waals surface area contributed by atoms with Crippen molar-refractivity contribution in [1.29, 1.82) is 0 Å². The minimum absolute atomic E-state index is 1.11. The average Bonchev–Trinajstić information content (AvgIpc) is 3.86. The van der Waals surface area contributed by atoms with Crippen molar-refractivity contribution in [2.45, 2.75) is 0 Å². The second-order valence-electron chi connectivity index (χ2n) is 14.9. The number of nitrogens with zero attached hydrogens (tertiary/aromatic N) is 2. The molecule has 0 aliphatic heterocycles. The number of para-hydroxylation sites is 4. The molecular formula is C56H38N2S. The highest BCUT2D eigenvalue weighted by Gasteiger charge is 2.23. The van der Waals surface area contributed by atoms with Gasteiger partial charge in [0, 0.05) is 43.3 Å². The number of rotatable bonds is 8. The molecule has 0 amide bonds. The van der Waals surface area contributed by atoms with E-state index in [1.54, 1.807) is 0 Å². The Balaban J connectivity index is 1.23. The molecule has 59 heavy (non-hydrogen) atoms. The van der Waals surface area contributed by atoms with Crippen molar-refractivity contribution < 1.29 is 0 Å². The molecule has 0 spiro atoms. The molecule has 0 saturated carbocycles. The zero-order valence-electron chi connectivity index (χ0n) is 32.2. The summed E-state index contributed by atoms with van der Waals surface area (Å²) in [4.78, 5) is 2.43. The fourth-order valence-corrected chi connectivity index (χ4v) is 9.93. The predicted molar refractivity (Wildman–Crippen MR) is 254 cm³/mol. The standard InChI is InChI=1S/C56H38N2S/c1-6-19-39(20-7-1)35-49(40-21-8-2-9-22-40)42-36-50-55-46(41-33-34-48-47-29-16-17-31-51(47)58(52(48)37-41)45-27-14-5-15-28-45)30-18-32-54(55)59-56(50)53(38-42)57(43-23-10-3-11-24-43)44-25-12-4-13-26-44/h1-38H. The van der Waals surface area contributed by atoms with E-state index in [1.807, 2.05) is 11.3 Å².